The molecule has 0 aromatic rings. The van der Waals surface area contributed by atoms with E-state index in [1.807, 2.05) is 6.08 Å². The molecule has 0 radical (unpaired) electrons. The first-order valence-corrected chi connectivity index (χ1v) is 5.53. The molecule has 0 saturated heterocycles. The summed E-state index contributed by atoms with van der Waals surface area (Å²) >= 11 is 0. The van der Waals surface area contributed by atoms with Crippen molar-refractivity contribution in [1.29, 1.82) is 0 Å². The van der Waals surface area contributed by atoms with Crippen LogP contribution in [0.4, 0.5) is 0 Å². The summed E-state index contributed by atoms with van der Waals surface area (Å²) in [6.07, 6.45) is 4.21. The lowest BCUT2D eigenvalue weighted by Gasteiger charge is -2.36. The fourth-order valence-electron chi connectivity index (χ4n) is 1.52. The lowest BCUT2D eigenvalue weighted by Crippen LogP contribution is -2.47. The van der Waals surface area contributed by atoms with Crippen LogP contribution >= 0.6 is 0 Å². The number of rotatable bonds is 6. The maximum absolute atomic E-state index is 6.04. The second-order valence-electron chi connectivity index (χ2n) is 4.91. The summed E-state index contributed by atoms with van der Waals surface area (Å²) in [7, 11) is 0. The molecule has 0 spiro atoms. The number of hydrogen-bond donors (Lipinski definition) is 1. The van der Waals surface area contributed by atoms with Crippen LogP contribution in [0.15, 0.2) is 12.7 Å². The maximum Gasteiger partial charge on any atom is 0.0168 e. The van der Waals surface area contributed by atoms with Crippen LogP contribution < -0.4 is 5.73 Å². The lowest BCUT2D eigenvalue weighted by molar-refractivity contribution is 0.142. The summed E-state index contributed by atoms with van der Waals surface area (Å²) < 4.78 is 0. The molecule has 0 amide bonds. The third kappa shape index (κ3) is 5.40. The van der Waals surface area contributed by atoms with Gasteiger partial charge in [-0.25, -0.2) is 0 Å². The molecule has 2 heteroatoms. The van der Waals surface area contributed by atoms with E-state index in [0.29, 0.717) is 6.04 Å². The van der Waals surface area contributed by atoms with Crippen LogP contribution in [0.1, 0.15) is 40.5 Å². The van der Waals surface area contributed by atoms with Gasteiger partial charge in [0.2, 0.25) is 0 Å². The zero-order valence-corrected chi connectivity index (χ0v) is 10.2. The SMILES string of the molecule is C=CCN(CC(N)CCC)C(C)(C)C. The van der Waals surface area contributed by atoms with Gasteiger partial charge in [0.25, 0.3) is 0 Å². The van der Waals surface area contributed by atoms with Crippen molar-refractivity contribution in [2.45, 2.75) is 52.1 Å². The van der Waals surface area contributed by atoms with Gasteiger partial charge in [0.05, 0.1) is 0 Å². The Balaban J connectivity index is 4.15. The van der Waals surface area contributed by atoms with Gasteiger partial charge in [0.15, 0.2) is 0 Å². The Hall–Kier alpha value is -0.340. The molecule has 2 N–H and O–H groups in total. The Morgan fingerprint density at radius 3 is 2.36 bits per heavy atom. The molecule has 0 aromatic heterocycles. The van der Waals surface area contributed by atoms with E-state index in [0.717, 1.165) is 25.9 Å². The Morgan fingerprint density at radius 1 is 1.43 bits per heavy atom. The highest BCUT2D eigenvalue weighted by Crippen LogP contribution is 2.13. The summed E-state index contributed by atoms with van der Waals surface area (Å²) in [4.78, 5) is 2.38. The van der Waals surface area contributed by atoms with Crippen molar-refractivity contribution in [3.05, 3.63) is 12.7 Å². The monoisotopic (exact) mass is 198 g/mol. The third-order valence-corrected chi connectivity index (χ3v) is 2.41. The van der Waals surface area contributed by atoms with E-state index >= 15 is 0 Å². The molecule has 0 heterocycles. The molecular formula is C12H26N2. The van der Waals surface area contributed by atoms with E-state index in [2.05, 4.69) is 39.2 Å². The first kappa shape index (κ1) is 13.7. The summed E-state index contributed by atoms with van der Waals surface area (Å²) in [6, 6.07) is 0.291. The highest BCUT2D eigenvalue weighted by molar-refractivity contribution is 4.85. The molecule has 84 valence electrons. The molecule has 1 atom stereocenters. The third-order valence-electron chi connectivity index (χ3n) is 2.41. The second kappa shape index (κ2) is 6.20. The van der Waals surface area contributed by atoms with Gasteiger partial charge in [-0.1, -0.05) is 19.4 Å². The van der Waals surface area contributed by atoms with Crippen LogP contribution in [0.2, 0.25) is 0 Å². The van der Waals surface area contributed by atoms with Crippen LogP contribution in [-0.2, 0) is 0 Å². The van der Waals surface area contributed by atoms with E-state index in [1.165, 1.54) is 0 Å². The summed E-state index contributed by atoms with van der Waals surface area (Å²) in [6.45, 7) is 14.5. The summed E-state index contributed by atoms with van der Waals surface area (Å²) in [5.41, 5.74) is 6.22. The predicted octanol–water partition coefficient (Wildman–Crippen LogP) is 2.40. The minimum atomic E-state index is 0.180. The van der Waals surface area contributed by atoms with Gasteiger partial charge >= 0.3 is 0 Å². The van der Waals surface area contributed by atoms with Crippen molar-refractivity contribution in [2.75, 3.05) is 13.1 Å². The average Bonchev–Trinajstić information content (AvgIpc) is 2.02. The van der Waals surface area contributed by atoms with E-state index in [1.54, 1.807) is 0 Å². The first-order valence-electron chi connectivity index (χ1n) is 5.53. The minimum Gasteiger partial charge on any atom is -0.327 e. The Labute approximate surface area is 89.2 Å². The van der Waals surface area contributed by atoms with Crippen LogP contribution in [-0.4, -0.2) is 29.6 Å². The molecule has 0 fully saturated rings. The zero-order valence-electron chi connectivity index (χ0n) is 10.2. The fraction of sp³-hybridized carbons (Fsp3) is 0.833. The Morgan fingerprint density at radius 2 is 2.00 bits per heavy atom. The van der Waals surface area contributed by atoms with Crippen molar-refractivity contribution in [2.24, 2.45) is 5.73 Å². The van der Waals surface area contributed by atoms with Gasteiger partial charge in [-0.05, 0) is 27.2 Å². The van der Waals surface area contributed by atoms with Crippen molar-refractivity contribution in [3.63, 3.8) is 0 Å². The molecule has 0 aliphatic carbocycles. The molecule has 0 bridgehead atoms. The second-order valence-corrected chi connectivity index (χ2v) is 4.91. The molecule has 14 heavy (non-hydrogen) atoms. The number of nitrogens with zero attached hydrogens (tertiary/aromatic N) is 1. The van der Waals surface area contributed by atoms with Crippen molar-refractivity contribution in [3.8, 4) is 0 Å². The van der Waals surface area contributed by atoms with Crippen LogP contribution in [0.25, 0.3) is 0 Å². The number of nitrogens with two attached hydrogens (primary N) is 1. The normalized spacial score (nSPS) is 14.4. The Kier molecular flexibility index (Phi) is 6.05. The average molecular weight is 198 g/mol. The quantitative estimate of drug-likeness (QED) is 0.664. The van der Waals surface area contributed by atoms with Gasteiger partial charge < -0.3 is 5.73 Å². The molecule has 0 saturated carbocycles. The van der Waals surface area contributed by atoms with E-state index in [4.69, 9.17) is 5.73 Å². The van der Waals surface area contributed by atoms with Gasteiger partial charge in [-0.3, -0.25) is 4.90 Å². The highest BCUT2D eigenvalue weighted by atomic mass is 15.2. The van der Waals surface area contributed by atoms with Gasteiger partial charge in [0, 0.05) is 24.7 Å². The van der Waals surface area contributed by atoms with E-state index in [9.17, 15) is 0 Å². The molecule has 2 nitrogen and oxygen atoms in total. The summed E-state index contributed by atoms with van der Waals surface area (Å²) in [5, 5.41) is 0. The van der Waals surface area contributed by atoms with Crippen LogP contribution in [0, 0.1) is 0 Å². The molecule has 1 unspecified atom stereocenters. The molecule has 0 aliphatic rings. The maximum atomic E-state index is 6.04. The van der Waals surface area contributed by atoms with Gasteiger partial charge in [0.1, 0.15) is 0 Å². The van der Waals surface area contributed by atoms with E-state index in [-0.39, 0.29) is 5.54 Å². The number of hydrogen-bond acceptors (Lipinski definition) is 2. The zero-order chi connectivity index (χ0) is 11.2. The summed E-state index contributed by atoms with van der Waals surface area (Å²) in [5.74, 6) is 0. The van der Waals surface area contributed by atoms with Crippen molar-refractivity contribution < 1.29 is 0 Å². The highest BCUT2D eigenvalue weighted by Gasteiger charge is 2.21. The van der Waals surface area contributed by atoms with Gasteiger partial charge in [-0.2, -0.15) is 0 Å². The molecular weight excluding hydrogens is 172 g/mol. The van der Waals surface area contributed by atoms with Crippen LogP contribution in [0.3, 0.4) is 0 Å². The van der Waals surface area contributed by atoms with Crippen molar-refractivity contribution >= 4 is 0 Å². The largest absolute Gasteiger partial charge is 0.327 e. The topological polar surface area (TPSA) is 29.3 Å². The smallest absolute Gasteiger partial charge is 0.0168 e. The standard InChI is InChI=1S/C12H26N2/c1-6-8-11(13)10-14(9-7-2)12(3,4)5/h7,11H,2,6,8-10,13H2,1,3-5H3. The predicted molar refractivity (Wildman–Crippen MR) is 64.4 cm³/mol. The lowest BCUT2D eigenvalue weighted by atomic mass is 10.0. The fourth-order valence-corrected chi connectivity index (χ4v) is 1.52. The minimum absolute atomic E-state index is 0.180. The van der Waals surface area contributed by atoms with Gasteiger partial charge in [-0.15, -0.1) is 6.58 Å². The van der Waals surface area contributed by atoms with Crippen LogP contribution in [0.5, 0.6) is 0 Å². The van der Waals surface area contributed by atoms with E-state index < -0.39 is 0 Å². The molecule has 0 aromatic carbocycles. The Bertz CT molecular complexity index is 158. The molecule has 0 rings (SSSR count). The molecule has 0 aliphatic heterocycles. The first-order chi connectivity index (χ1) is 6.41. The van der Waals surface area contributed by atoms with Crippen molar-refractivity contribution in [1.82, 2.24) is 4.90 Å².